The zero-order valence-corrected chi connectivity index (χ0v) is 6.55. The van der Waals surface area contributed by atoms with Gasteiger partial charge in [-0.3, -0.25) is 0 Å². The second kappa shape index (κ2) is 2.75. The van der Waals surface area contributed by atoms with Crippen LogP contribution in [0, 0.1) is 5.82 Å². The first-order valence-electron chi connectivity index (χ1n) is 3.96. The second-order valence-electron chi connectivity index (χ2n) is 2.99. The Morgan fingerprint density at radius 2 is 2.42 bits per heavy atom. The summed E-state index contributed by atoms with van der Waals surface area (Å²) in [6.07, 6.45) is 0.582. The molecule has 0 aromatic heterocycles. The van der Waals surface area contributed by atoms with Crippen LogP contribution in [-0.2, 0) is 6.42 Å². The zero-order chi connectivity index (χ0) is 8.55. The Balaban J connectivity index is 2.35. The van der Waals surface area contributed by atoms with Gasteiger partial charge in [-0.05, 0) is 18.6 Å². The Hall–Kier alpha value is -1.09. The van der Waals surface area contributed by atoms with Gasteiger partial charge in [0.1, 0.15) is 5.82 Å². The molecule has 1 aromatic rings. The molecule has 3 heteroatoms. The predicted molar refractivity (Wildman–Crippen MR) is 44.6 cm³/mol. The van der Waals surface area contributed by atoms with E-state index in [0.717, 1.165) is 5.69 Å². The van der Waals surface area contributed by atoms with E-state index < -0.39 is 0 Å². The van der Waals surface area contributed by atoms with Crippen LogP contribution < -0.4 is 5.32 Å². The Morgan fingerprint density at radius 1 is 1.58 bits per heavy atom. The van der Waals surface area contributed by atoms with Crippen LogP contribution in [0.1, 0.15) is 5.56 Å². The third-order valence-electron chi connectivity index (χ3n) is 2.15. The van der Waals surface area contributed by atoms with Crippen LogP contribution in [0.4, 0.5) is 10.1 Å². The standard InChI is InChI=1S/C9H10FNO/c10-8-2-1-3-9-7(8)4-6(5-12)11-9/h1-3,6,11-12H,4-5H2. The minimum absolute atomic E-state index is 0.0168. The third kappa shape index (κ3) is 1.06. The molecule has 2 N–H and O–H groups in total. The van der Waals surface area contributed by atoms with Gasteiger partial charge in [0.25, 0.3) is 0 Å². The van der Waals surface area contributed by atoms with E-state index in [1.807, 2.05) is 6.07 Å². The number of aliphatic hydroxyl groups excluding tert-OH is 1. The molecule has 1 heterocycles. The Morgan fingerprint density at radius 3 is 3.08 bits per heavy atom. The maximum Gasteiger partial charge on any atom is 0.128 e. The zero-order valence-electron chi connectivity index (χ0n) is 6.55. The summed E-state index contributed by atoms with van der Waals surface area (Å²) in [5.74, 6) is -0.184. The third-order valence-corrected chi connectivity index (χ3v) is 2.15. The van der Waals surface area contributed by atoms with Gasteiger partial charge in [0, 0.05) is 11.3 Å². The lowest BCUT2D eigenvalue weighted by atomic mass is 10.1. The minimum Gasteiger partial charge on any atom is -0.394 e. The first-order chi connectivity index (χ1) is 5.81. The van der Waals surface area contributed by atoms with E-state index in [2.05, 4.69) is 5.32 Å². The quantitative estimate of drug-likeness (QED) is 0.657. The maximum atomic E-state index is 13.1. The highest BCUT2D eigenvalue weighted by atomic mass is 19.1. The fourth-order valence-corrected chi connectivity index (χ4v) is 1.53. The normalized spacial score (nSPS) is 20.3. The van der Waals surface area contributed by atoms with Crippen LogP contribution in [0.15, 0.2) is 18.2 Å². The van der Waals surface area contributed by atoms with Crippen molar-refractivity contribution in [3.8, 4) is 0 Å². The molecule has 64 valence electrons. The highest BCUT2D eigenvalue weighted by Gasteiger charge is 2.21. The first-order valence-corrected chi connectivity index (χ1v) is 3.96. The predicted octanol–water partition coefficient (Wildman–Crippen LogP) is 1.15. The largest absolute Gasteiger partial charge is 0.394 e. The summed E-state index contributed by atoms with van der Waals surface area (Å²) in [6.45, 7) is 0.0497. The molecule has 0 radical (unpaired) electrons. The molecule has 2 rings (SSSR count). The van der Waals surface area contributed by atoms with Crippen molar-refractivity contribution < 1.29 is 9.50 Å². The van der Waals surface area contributed by atoms with E-state index in [0.29, 0.717) is 12.0 Å². The van der Waals surface area contributed by atoms with Gasteiger partial charge in [0.05, 0.1) is 12.6 Å². The van der Waals surface area contributed by atoms with Crippen LogP contribution in [0.3, 0.4) is 0 Å². The molecular weight excluding hydrogens is 157 g/mol. The molecule has 2 nitrogen and oxygen atoms in total. The lowest BCUT2D eigenvalue weighted by Gasteiger charge is -2.04. The molecule has 0 spiro atoms. The summed E-state index contributed by atoms with van der Waals surface area (Å²) in [7, 11) is 0. The van der Waals surface area contributed by atoms with Crippen molar-refractivity contribution >= 4 is 5.69 Å². The van der Waals surface area contributed by atoms with Crippen LogP contribution >= 0.6 is 0 Å². The average Bonchev–Trinajstić information content (AvgIpc) is 2.49. The lowest BCUT2D eigenvalue weighted by molar-refractivity contribution is 0.276. The fourth-order valence-electron chi connectivity index (χ4n) is 1.53. The molecule has 1 unspecified atom stereocenters. The minimum atomic E-state index is -0.184. The van der Waals surface area contributed by atoms with Crippen molar-refractivity contribution in [3.63, 3.8) is 0 Å². The van der Waals surface area contributed by atoms with Crippen LogP contribution in [0.5, 0.6) is 0 Å². The Labute approximate surface area is 70.0 Å². The number of fused-ring (bicyclic) bond motifs is 1. The number of rotatable bonds is 1. The van der Waals surface area contributed by atoms with Gasteiger partial charge < -0.3 is 10.4 Å². The second-order valence-corrected chi connectivity index (χ2v) is 2.99. The van der Waals surface area contributed by atoms with Crippen LogP contribution in [0.25, 0.3) is 0 Å². The van der Waals surface area contributed by atoms with E-state index in [1.165, 1.54) is 6.07 Å². The van der Waals surface area contributed by atoms with Gasteiger partial charge in [-0.25, -0.2) is 4.39 Å². The van der Waals surface area contributed by atoms with Crippen molar-refractivity contribution in [1.29, 1.82) is 0 Å². The maximum absolute atomic E-state index is 13.1. The summed E-state index contributed by atoms with van der Waals surface area (Å²) in [4.78, 5) is 0. The summed E-state index contributed by atoms with van der Waals surface area (Å²) >= 11 is 0. The van der Waals surface area contributed by atoms with Crippen molar-refractivity contribution in [2.75, 3.05) is 11.9 Å². The highest BCUT2D eigenvalue weighted by Crippen LogP contribution is 2.27. The Kier molecular flexibility index (Phi) is 1.73. The summed E-state index contributed by atoms with van der Waals surface area (Å²) in [5, 5.41) is 11.9. The van der Waals surface area contributed by atoms with Gasteiger partial charge >= 0.3 is 0 Å². The summed E-state index contributed by atoms with van der Waals surface area (Å²) in [5.41, 5.74) is 1.51. The number of benzene rings is 1. The molecule has 0 amide bonds. The number of anilines is 1. The molecule has 12 heavy (non-hydrogen) atoms. The number of hydrogen-bond acceptors (Lipinski definition) is 2. The molecule has 0 bridgehead atoms. The molecule has 1 atom stereocenters. The van der Waals surface area contributed by atoms with E-state index in [1.54, 1.807) is 6.07 Å². The topological polar surface area (TPSA) is 32.3 Å². The number of nitrogens with one attached hydrogen (secondary N) is 1. The molecule has 1 aliphatic heterocycles. The molecular formula is C9H10FNO. The fraction of sp³-hybridized carbons (Fsp3) is 0.333. The van der Waals surface area contributed by atoms with Crippen molar-refractivity contribution in [2.24, 2.45) is 0 Å². The lowest BCUT2D eigenvalue weighted by Crippen LogP contribution is -2.19. The average molecular weight is 167 g/mol. The van der Waals surface area contributed by atoms with Crippen LogP contribution in [0.2, 0.25) is 0 Å². The highest BCUT2D eigenvalue weighted by molar-refractivity contribution is 5.57. The van der Waals surface area contributed by atoms with Gasteiger partial charge in [0.2, 0.25) is 0 Å². The number of halogens is 1. The van der Waals surface area contributed by atoms with E-state index in [4.69, 9.17) is 5.11 Å². The first kappa shape index (κ1) is 7.55. The molecule has 0 fully saturated rings. The van der Waals surface area contributed by atoms with Gasteiger partial charge in [-0.15, -0.1) is 0 Å². The molecule has 1 aliphatic rings. The van der Waals surface area contributed by atoms with Crippen molar-refractivity contribution in [2.45, 2.75) is 12.5 Å². The Bertz CT molecular complexity index is 301. The molecule has 0 saturated carbocycles. The number of hydrogen-bond donors (Lipinski definition) is 2. The van der Waals surface area contributed by atoms with Crippen LogP contribution in [-0.4, -0.2) is 17.8 Å². The van der Waals surface area contributed by atoms with Gasteiger partial charge in [-0.1, -0.05) is 6.07 Å². The number of aliphatic hydroxyl groups is 1. The van der Waals surface area contributed by atoms with Crippen molar-refractivity contribution in [3.05, 3.63) is 29.6 Å². The van der Waals surface area contributed by atoms with Crippen molar-refractivity contribution in [1.82, 2.24) is 0 Å². The summed E-state index contributed by atoms with van der Waals surface area (Å²) in [6, 6.07) is 4.92. The van der Waals surface area contributed by atoms with Gasteiger partial charge in [-0.2, -0.15) is 0 Å². The smallest absolute Gasteiger partial charge is 0.128 e. The van der Waals surface area contributed by atoms with E-state index in [9.17, 15) is 4.39 Å². The van der Waals surface area contributed by atoms with E-state index in [-0.39, 0.29) is 18.5 Å². The molecule has 1 aromatic carbocycles. The molecule has 0 aliphatic carbocycles. The molecule has 0 saturated heterocycles. The monoisotopic (exact) mass is 167 g/mol. The summed E-state index contributed by atoms with van der Waals surface area (Å²) < 4.78 is 13.1. The van der Waals surface area contributed by atoms with E-state index >= 15 is 0 Å². The van der Waals surface area contributed by atoms with Gasteiger partial charge in [0.15, 0.2) is 0 Å². The SMILES string of the molecule is OCC1Cc2c(F)cccc2N1.